The first kappa shape index (κ1) is 15.3. The second-order valence-electron chi connectivity index (χ2n) is 4.27. The molecule has 0 amide bonds. The van der Waals surface area contributed by atoms with Gasteiger partial charge in [0.15, 0.2) is 0 Å². The van der Waals surface area contributed by atoms with Gasteiger partial charge in [-0.2, -0.15) is 4.31 Å². The van der Waals surface area contributed by atoms with Crippen molar-refractivity contribution in [3.05, 3.63) is 28.2 Å². The van der Waals surface area contributed by atoms with Gasteiger partial charge in [-0.25, -0.2) is 8.42 Å². The predicted octanol–water partition coefficient (Wildman–Crippen LogP) is 2.60. The Morgan fingerprint density at radius 3 is 2.84 bits per heavy atom. The van der Waals surface area contributed by atoms with Crippen LogP contribution in [0.1, 0.15) is 12.0 Å². The van der Waals surface area contributed by atoms with Gasteiger partial charge >= 0.3 is 0 Å². The molecule has 0 aliphatic carbocycles. The van der Waals surface area contributed by atoms with Gasteiger partial charge < -0.3 is 4.74 Å². The highest BCUT2D eigenvalue weighted by Crippen LogP contribution is 2.27. The smallest absolute Gasteiger partial charge is 0.244 e. The first-order valence-corrected chi connectivity index (χ1v) is 8.75. The Hall–Kier alpha value is -0.140. The second kappa shape index (κ2) is 6.54. The Morgan fingerprint density at radius 2 is 2.11 bits per heavy atom. The van der Waals surface area contributed by atoms with Crippen molar-refractivity contribution in [2.24, 2.45) is 0 Å². The average Bonchev–Trinajstić information content (AvgIpc) is 2.68. The van der Waals surface area contributed by atoms with E-state index in [-0.39, 0.29) is 4.90 Å². The van der Waals surface area contributed by atoms with E-state index < -0.39 is 10.0 Å². The highest BCUT2D eigenvalue weighted by Gasteiger charge is 2.27. The number of alkyl halides is 1. The summed E-state index contributed by atoms with van der Waals surface area (Å²) in [6.07, 6.45) is 0.714. The summed E-state index contributed by atoms with van der Waals surface area (Å²) in [6.45, 7) is 1.92. The molecule has 2 rings (SSSR count). The Bertz CT molecular complexity index is 542. The van der Waals surface area contributed by atoms with Crippen molar-refractivity contribution < 1.29 is 13.2 Å². The molecule has 106 valence electrons. The van der Waals surface area contributed by atoms with Crippen LogP contribution in [-0.4, -0.2) is 39.0 Å². The molecular formula is C12H15BrClNO3S. The van der Waals surface area contributed by atoms with E-state index >= 15 is 0 Å². The first-order valence-electron chi connectivity index (χ1n) is 5.98. The van der Waals surface area contributed by atoms with Crippen molar-refractivity contribution in [3.8, 4) is 0 Å². The molecule has 1 heterocycles. The molecule has 0 N–H and O–H groups in total. The Labute approximate surface area is 126 Å². The minimum Gasteiger partial charge on any atom is -0.380 e. The molecule has 1 saturated heterocycles. The molecule has 1 aliphatic rings. The average molecular weight is 369 g/mol. The fraction of sp³-hybridized carbons (Fsp3) is 0.500. The topological polar surface area (TPSA) is 46.6 Å². The maximum atomic E-state index is 12.6. The number of hydrogen-bond donors (Lipinski definition) is 0. The van der Waals surface area contributed by atoms with E-state index in [0.29, 0.717) is 43.1 Å². The molecule has 1 aliphatic heterocycles. The summed E-state index contributed by atoms with van der Waals surface area (Å²) in [6, 6.07) is 5.15. The lowest BCUT2D eigenvalue weighted by atomic mass is 10.2. The first-order chi connectivity index (χ1) is 9.05. The number of rotatable bonds is 3. The van der Waals surface area contributed by atoms with Crippen LogP contribution in [0.15, 0.2) is 27.6 Å². The van der Waals surface area contributed by atoms with Gasteiger partial charge in [0.1, 0.15) is 0 Å². The Kier molecular flexibility index (Phi) is 5.25. The van der Waals surface area contributed by atoms with Crippen LogP contribution in [0.25, 0.3) is 0 Å². The summed E-state index contributed by atoms with van der Waals surface area (Å²) in [4.78, 5) is 0.271. The summed E-state index contributed by atoms with van der Waals surface area (Å²) >= 11 is 9.07. The van der Waals surface area contributed by atoms with E-state index in [1.165, 1.54) is 4.31 Å². The second-order valence-corrected chi connectivity index (χ2v) is 7.30. The largest absolute Gasteiger partial charge is 0.380 e. The minimum absolute atomic E-state index is 0.271. The zero-order chi connectivity index (χ0) is 13.9. The van der Waals surface area contributed by atoms with Gasteiger partial charge in [0.25, 0.3) is 0 Å². The number of sulfonamides is 1. The van der Waals surface area contributed by atoms with Crippen molar-refractivity contribution in [2.45, 2.75) is 17.2 Å². The molecule has 0 unspecified atom stereocenters. The van der Waals surface area contributed by atoms with Crippen molar-refractivity contribution in [2.75, 3.05) is 26.3 Å². The van der Waals surface area contributed by atoms with Crippen molar-refractivity contribution in [3.63, 3.8) is 0 Å². The molecule has 0 spiro atoms. The number of halogens is 2. The van der Waals surface area contributed by atoms with Crippen LogP contribution in [0, 0.1) is 0 Å². The molecule has 0 radical (unpaired) electrons. The van der Waals surface area contributed by atoms with E-state index in [0.717, 1.165) is 5.56 Å². The molecule has 0 atom stereocenters. The number of ether oxygens (including phenoxy) is 1. The van der Waals surface area contributed by atoms with Crippen molar-refractivity contribution in [1.82, 2.24) is 4.31 Å². The lowest BCUT2D eigenvalue weighted by molar-refractivity contribution is 0.148. The number of nitrogens with zero attached hydrogens (tertiary/aromatic N) is 1. The lowest BCUT2D eigenvalue weighted by Gasteiger charge is -2.20. The zero-order valence-electron chi connectivity index (χ0n) is 10.3. The Morgan fingerprint density at radius 1 is 1.32 bits per heavy atom. The molecule has 19 heavy (non-hydrogen) atoms. The summed E-state index contributed by atoms with van der Waals surface area (Å²) in [5.41, 5.74) is 0.787. The van der Waals surface area contributed by atoms with E-state index in [1.54, 1.807) is 12.1 Å². The number of benzene rings is 1. The molecule has 1 aromatic rings. The quantitative estimate of drug-likeness (QED) is 0.771. The third-order valence-electron chi connectivity index (χ3n) is 2.95. The molecule has 0 aromatic heterocycles. The molecule has 1 aromatic carbocycles. The van der Waals surface area contributed by atoms with Gasteiger partial charge in [0.05, 0.1) is 11.5 Å². The standard InChI is InChI=1S/C12H15BrClNO3S/c13-11-3-2-10(9-14)8-12(11)19(16,17)15-4-1-6-18-7-5-15/h2-3,8H,1,4-7,9H2. The monoisotopic (exact) mass is 367 g/mol. The van der Waals surface area contributed by atoms with Crippen LogP contribution in [0.2, 0.25) is 0 Å². The molecular weight excluding hydrogens is 354 g/mol. The normalized spacial score (nSPS) is 18.2. The van der Waals surface area contributed by atoms with Gasteiger partial charge in [-0.3, -0.25) is 0 Å². The molecule has 4 nitrogen and oxygen atoms in total. The van der Waals surface area contributed by atoms with E-state index in [2.05, 4.69) is 15.9 Å². The van der Waals surface area contributed by atoms with Gasteiger partial charge in [0.2, 0.25) is 10.0 Å². The predicted molar refractivity (Wildman–Crippen MR) is 77.9 cm³/mol. The van der Waals surface area contributed by atoms with Crippen LogP contribution in [0.5, 0.6) is 0 Å². The lowest BCUT2D eigenvalue weighted by Crippen LogP contribution is -2.33. The van der Waals surface area contributed by atoms with Crippen LogP contribution in [0.3, 0.4) is 0 Å². The summed E-state index contributed by atoms with van der Waals surface area (Å²) in [5.74, 6) is 0.291. The molecule has 7 heteroatoms. The fourth-order valence-corrected chi connectivity index (χ4v) is 4.54. The van der Waals surface area contributed by atoms with E-state index in [9.17, 15) is 8.42 Å². The fourth-order valence-electron chi connectivity index (χ4n) is 1.93. The highest BCUT2D eigenvalue weighted by molar-refractivity contribution is 9.10. The van der Waals surface area contributed by atoms with Crippen LogP contribution >= 0.6 is 27.5 Å². The van der Waals surface area contributed by atoms with Gasteiger partial charge in [0, 0.05) is 30.0 Å². The third-order valence-corrected chi connectivity index (χ3v) is 6.15. The SMILES string of the molecule is O=S(=O)(c1cc(CCl)ccc1Br)N1CCCOCC1. The van der Waals surface area contributed by atoms with Gasteiger partial charge in [-0.05, 0) is 40.0 Å². The maximum absolute atomic E-state index is 12.6. The maximum Gasteiger partial charge on any atom is 0.244 e. The van der Waals surface area contributed by atoms with Gasteiger partial charge in [-0.1, -0.05) is 6.07 Å². The highest BCUT2D eigenvalue weighted by atomic mass is 79.9. The van der Waals surface area contributed by atoms with Gasteiger partial charge in [-0.15, -0.1) is 11.6 Å². The molecule has 1 fully saturated rings. The Balaban J connectivity index is 2.37. The summed E-state index contributed by atoms with van der Waals surface area (Å²) in [7, 11) is -3.50. The summed E-state index contributed by atoms with van der Waals surface area (Å²) < 4.78 is 32.6. The van der Waals surface area contributed by atoms with Crippen LogP contribution in [-0.2, 0) is 20.6 Å². The van der Waals surface area contributed by atoms with Crippen molar-refractivity contribution in [1.29, 1.82) is 0 Å². The minimum atomic E-state index is -3.50. The summed E-state index contributed by atoms with van der Waals surface area (Å²) in [5, 5.41) is 0. The van der Waals surface area contributed by atoms with Crippen LogP contribution in [0.4, 0.5) is 0 Å². The van der Waals surface area contributed by atoms with Crippen molar-refractivity contribution >= 4 is 37.6 Å². The van der Waals surface area contributed by atoms with Crippen LogP contribution < -0.4 is 0 Å². The van der Waals surface area contributed by atoms with E-state index in [1.807, 2.05) is 6.07 Å². The zero-order valence-corrected chi connectivity index (χ0v) is 13.5. The molecule has 0 saturated carbocycles. The molecule has 0 bridgehead atoms. The van der Waals surface area contributed by atoms with E-state index in [4.69, 9.17) is 16.3 Å². The third kappa shape index (κ3) is 3.49. The number of hydrogen-bond acceptors (Lipinski definition) is 3.